The van der Waals surface area contributed by atoms with Crippen LogP contribution in [0.4, 0.5) is 0 Å². The molecule has 0 atom stereocenters. The van der Waals surface area contributed by atoms with Crippen molar-refractivity contribution in [3.8, 4) is 5.75 Å². The summed E-state index contributed by atoms with van der Waals surface area (Å²) >= 11 is 9.42. The summed E-state index contributed by atoms with van der Waals surface area (Å²) in [5.41, 5.74) is 0.972. The predicted molar refractivity (Wildman–Crippen MR) is 107 cm³/mol. The van der Waals surface area contributed by atoms with Gasteiger partial charge in [0.25, 0.3) is 0 Å². The number of hydrogen-bond donors (Lipinski definition) is 2. The number of ether oxygens (including phenoxy) is 1. The monoisotopic (exact) mass is 439 g/mol. The van der Waals surface area contributed by atoms with Gasteiger partial charge in [-0.1, -0.05) is 51.8 Å². The molecule has 0 saturated carbocycles. The lowest BCUT2D eigenvalue weighted by molar-refractivity contribution is -0.121. The zero-order chi connectivity index (χ0) is 19.2. The average Bonchev–Trinajstić information content (AvgIpc) is 2.58. The first-order chi connectivity index (χ1) is 12.3. The van der Waals surface area contributed by atoms with E-state index >= 15 is 0 Å². The van der Waals surface area contributed by atoms with Crippen LogP contribution in [0.2, 0.25) is 5.02 Å². The van der Waals surface area contributed by atoms with Crippen LogP contribution in [0.3, 0.4) is 0 Å². The number of nitrogens with one attached hydrogen (secondary N) is 1. The van der Waals surface area contributed by atoms with Crippen molar-refractivity contribution in [3.63, 3.8) is 0 Å². The van der Waals surface area contributed by atoms with Crippen molar-refractivity contribution < 1.29 is 14.6 Å². The summed E-state index contributed by atoms with van der Waals surface area (Å²) in [6, 6.07) is 13.0. The Hall–Kier alpha value is -1.56. The molecular formula is C20H23BrClNO3. The maximum atomic E-state index is 11.9. The number of benzene rings is 2. The minimum absolute atomic E-state index is 0.0259. The average molecular weight is 441 g/mol. The number of carbonyl (C=O) groups excluding carboxylic acids is 1. The predicted octanol–water partition coefficient (Wildman–Crippen LogP) is 4.81. The molecular weight excluding hydrogens is 418 g/mol. The molecule has 0 aliphatic carbocycles. The molecule has 6 heteroatoms. The third kappa shape index (κ3) is 6.63. The maximum Gasteiger partial charge on any atom is 0.220 e. The van der Waals surface area contributed by atoms with E-state index in [4.69, 9.17) is 16.3 Å². The molecule has 0 saturated heterocycles. The van der Waals surface area contributed by atoms with Gasteiger partial charge in [0.2, 0.25) is 5.91 Å². The van der Waals surface area contributed by atoms with Crippen molar-refractivity contribution in [3.05, 3.63) is 63.1 Å². The van der Waals surface area contributed by atoms with Crippen LogP contribution in [0.5, 0.6) is 5.75 Å². The van der Waals surface area contributed by atoms with Crippen LogP contribution < -0.4 is 10.1 Å². The lowest BCUT2D eigenvalue weighted by atomic mass is 9.97. The largest absolute Gasteiger partial charge is 0.492 e. The summed E-state index contributed by atoms with van der Waals surface area (Å²) in [4.78, 5) is 11.9. The molecule has 0 bridgehead atoms. The molecule has 2 N–H and O–H groups in total. The van der Waals surface area contributed by atoms with Crippen molar-refractivity contribution in [2.75, 3.05) is 6.61 Å². The van der Waals surface area contributed by atoms with Crippen molar-refractivity contribution in [2.24, 2.45) is 0 Å². The molecule has 0 aliphatic rings. The van der Waals surface area contributed by atoms with Crippen LogP contribution in [0.1, 0.15) is 37.8 Å². The normalized spacial score (nSPS) is 11.3. The van der Waals surface area contributed by atoms with Crippen LogP contribution in [-0.2, 0) is 16.9 Å². The maximum absolute atomic E-state index is 11.9. The molecule has 0 heterocycles. The first-order valence-corrected chi connectivity index (χ1v) is 9.59. The zero-order valence-electron chi connectivity index (χ0n) is 14.9. The summed E-state index contributed by atoms with van der Waals surface area (Å²) in [7, 11) is 0. The third-order valence-corrected chi connectivity index (χ3v) is 4.64. The van der Waals surface area contributed by atoms with E-state index in [-0.39, 0.29) is 5.91 Å². The van der Waals surface area contributed by atoms with Gasteiger partial charge in [-0.05, 0) is 49.6 Å². The van der Waals surface area contributed by atoms with E-state index in [1.165, 1.54) is 0 Å². The zero-order valence-corrected chi connectivity index (χ0v) is 17.2. The van der Waals surface area contributed by atoms with Crippen molar-refractivity contribution in [1.29, 1.82) is 0 Å². The highest BCUT2D eigenvalue weighted by atomic mass is 79.9. The Kier molecular flexibility index (Phi) is 7.50. The van der Waals surface area contributed by atoms with E-state index in [0.29, 0.717) is 36.8 Å². The topological polar surface area (TPSA) is 58.6 Å². The Morgan fingerprint density at radius 3 is 2.54 bits per heavy atom. The van der Waals surface area contributed by atoms with Crippen molar-refractivity contribution in [2.45, 2.75) is 38.8 Å². The summed E-state index contributed by atoms with van der Waals surface area (Å²) in [5, 5.41) is 13.4. The summed E-state index contributed by atoms with van der Waals surface area (Å²) in [5.74, 6) is 0.587. The number of carbonyl (C=O) groups is 1. The molecule has 0 unspecified atom stereocenters. The van der Waals surface area contributed by atoms with E-state index in [2.05, 4.69) is 21.2 Å². The van der Waals surface area contributed by atoms with Gasteiger partial charge >= 0.3 is 0 Å². The van der Waals surface area contributed by atoms with Gasteiger partial charge in [-0.3, -0.25) is 4.79 Å². The number of aliphatic hydroxyl groups is 1. The van der Waals surface area contributed by atoms with Gasteiger partial charge in [0.15, 0.2) is 0 Å². The Labute approximate surface area is 167 Å². The molecule has 0 aromatic heterocycles. The van der Waals surface area contributed by atoms with Crippen molar-refractivity contribution in [1.82, 2.24) is 5.32 Å². The van der Waals surface area contributed by atoms with Gasteiger partial charge in [0.05, 0.1) is 17.2 Å². The van der Waals surface area contributed by atoms with Crippen LogP contribution in [-0.4, -0.2) is 17.6 Å². The van der Waals surface area contributed by atoms with Gasteiger partial charge in [-0.15, -0.1) is 0 Å². The van der Waals surface area contributed by atoms with Gasteiger partial charge in [-0.25, -0.2) is 0 Å². The SMILES string of the molecule is CC(C)(O)c1ccc(CNC(=O)CCCOc2ccc(Br)cc2Cl)cc1. The molecule has 2 aromatic carbocycles. The second kappa shape index (κ2) is 9.40. The third-order valence-electron chi connectivity index (χ3n) is 3.85. The lowest BCUT2D eigenvalue weighted by Crippen LogP contribution is -2.23. The minimum Gasteiger partial charge on any atom is -0.492 e. The van der Waals surface area contributed by atoms with E-state index in [1.807, 2.05) is 30.3 Å². The Morgan fingerprint density at radius 2 is 1.92 bits per heavy atom. The van der Waals surface area contributed by atoms with Gasteiger partial charge in [-0.2, -0.15) is 0 Å². The number of halogens is 2. The smallest absolute Gasteiger partial charge is 0.220 e. The molecule has 1 amide bonds. The minimum atomic E-state index is -0.862. The molecule has 2 rings (SSSR count). The second-order valence-electron chi connectivity index (χ2n) is 6.56. The first kappa shape index (κ1) is 20.7. The Morgan fingerprint density at radius 1 is 1.23 bits per heavy atom. The highest BCUT2D eigenvalue weighted by Gasteiger charge is 2.15. The van der Waals surface area contributed by atoms with E-state index in [0.717, 1.165) is 15.6 Å². The molecule has 26 heavy (non-hydrogen) atoms. The van der Waals surface area contributed by atoms with Gasteiger partial charge < -0.3 is 15.2 Å². The molecule has 0 spiro atoms. The highest BCUT2D eigenvalue weighted by molar-refractivity contribution is 9.10. The van der Waals surface area contributed by atoms with Crippen molar-refractivity contribution >= 4 is 33.4 Å². The molecule has 2 aromatic rings. The molecule has 0 radical (unpaired) electrons. The van der Waals surface area contributed by atoms with Gasteiger partial charge in [0, 0.05) is 17.4 Å². The quantitative estimate of drug-likeness (QED) is 0.579. The summed E-state index contributed by atoms with van der Waals surface area (Å²) in [6.45, 7) is 4.38. The Balaban J connectivity index is 1.69. The lowest BCUT2D eigenvalue weighted by Gasteiger charge is -2.18. The first-order valence-electron chi connectivity index (χ1n) is 8.42. The van der Waals surface area contributed by atoms with Crippen LogP contribution >= 0.6 is 27.5 Å². The fourth-order valence-electron chi connectivity index (χ4n) is 2.33. The van der Waals surface area contributed by atoms with E-state index in [9.17, 15) is 9.90 Å². The van der Waals surface area contributed by atoms with E-state index < -0.39 is 5.60 Å². The van der Waals surface area contributed by atoms with E-state index in [1.54, 1.807) is 26.0 Å². The summed E-state index contributed by atoms with van der Waals surface area (Å²) in [6.07, 6.45) is 0.992. The van der Waals surface area contributed by atoms with Crippen LogP contribution in [0.25, 0.3) is 0 Å². The second-order valence-corrected chi connectivity index (χ2v) is 7.88. The molecule has 0 fully saturated rings. The van der Waals surface area contributed by atoms with Crippen LogP contribution in [0.15, 0.2) is 46.9 Å². The molecule has 4 nitrogen and oxygen atoms in total. The fraction of sp³-hybridized carbons (Fsp3) is 0.350. The highest BCUT2D eigenvalue weighted by Crippen LogP contribution is 2.27. The van der Waals surface area contributed by atoms with Crippen LogP contribution in [0, 0.1) is 0 Å². The number of amides is 1. The summed E-state index contributed by atoms with van der Waals surface area (Å²) < 4.78 is 6.49. The number of hydrogen-bond acceptors (Lipinski definition) is 3. The molecule has 0 aliphatic heterocycles. The molecule has 140 valence electrons. The fourth-order valence-corrected chi connectivity index (χ4v) is 3.05. The van der Waals surface area contributed by atoms with Gasteiger partial charge in [0.1, 0.15) is 5.75 Å². The standard InChI is InChI=1S/C20H23BrClNO3/c1-20(2,25)15-7-5-14(6-8-15)13-23-19(24)4-3-11-26-18-10-9-16(21)12-17(18)22/h5-10,12,25H,3-4,11,13H2,1-2H3,(H,23,24). The number of rotatable bonds is 8. The Bertz CT molecular complexity index is 742.